The zero-order valence-electron chi connectivity index (χ0n) is 17.3. The number of halogens is 3. The van der Waals surface area contributed by atoms with E-state index in [0.29, 0.717) is 27.3 Å². The minimum absolute atomic E-state index is 0.239. The summed E-state index contributed by atoms with van der Waals surface area (Å²) < 4.78 is 20.8. The van der Waals surface area contributed by atoms with Crippen molar-refractivity contribution in [3.63, 3.8) is 0 Å². The van der Waals surface area contributed by atoms with Crippen molar-refractivity contribution in [1.82, 2.24) is 9.97 Å². The van der Waals surface area contributed by atoms with Gasteiger partial charge < -0.3 is 9.72 Å². The van der Waals surface area contributed by atoms with Crippen LogP contribution in [0.1, 0.15) is 30.7 Å². The molecule has 32 heavy (non-hydrogen) atoms. The summed E-state index contributed by atoms with van der Waals surface area (Å²) in [4.78, 5) is 7.93. The molecular formula is C26H17Cl2FN2O. The van der Waals surface area contributed by atoms with E-state index >= 15 is 0 Å². The second-order valence-electron chi connectivity index (χ2n) is 7.96. The number of benzene rings is 3. The molecule has 2 heterocycles. The van der Waals surface area contributed by atoms with Gasteiger partial charge in [0.25, 0.3) is 0 Å². The van der Waals surface area contributed by atoms with Crippen LogP contribution in [0.2, 0.25) is 10.0 Å². The maximum Gasteiger partial charge on any atom is 0.145 e. The van der Waals surface area contributed by atoms with E-state index in [0.717, 1.165) is 22.4 Å². The number of H-pyrrole nitrogens is 1. The Bertz CT molecular complexity index is 1410. The number of hydrogen-bond acceptors (Lipinski definition) is 2. The Morgan fingerprint density at radius 1 is 0.969 bits per heavy atom. The van der Waals surface area contributed by atoms with Crippen molar-refractivity contribution >= 4 is 23.2 Å². The number of hydrogen-bond donors (Lipinski definition) is 1. The van der Waals surface area contributed by atoms with Gasteiger partial charge in [-0.25, -0.2) is 9.37 Å². The number of imidazole rings is 1. The molecule has 0 bridgehead atoms. The lowest BCUT2D eigenvalue weighted by molar-refractivity contribution is 0.101. The van der Waals surface area contributed by atoms with Crippen LogP contribution in [0.4, 0.5) is 4.39 Å². The number of fused-ring (bicyclic) bond motifs is 3. The quantitative estimate of drug-likeness (QED) is 0.303. The van der Waals surface area contributed by atoms with Crippen molar-refractivity contribution in [3.8, 4) is 40.2 Å². The highest BCUT2D eigenvalue weighted by Crippen LogP contribution is 2.45. The highest BCUT2D eigenvalue weighted by atomic mass is 35.5. The molecule has 0 saturated heterocycles. The molecule has 158 valence electrons. The van der Waals surface area contributed by atoms with Gasteiger partial charge in [-0.05, 0) is 56.3 Å². The third-order valence-electron chi connectivity index (χ3n) is 5.32. The summed E-state index contributed by atoms with van der Waals surface area (Å²) in [5.74, 6) is 6.82. The van der Waals surface area contributed by atoms with Crippen LogP contribution in [0, 0.1) is 17.7 Å². The van der Waals surface area contributed by atoms with Crippen molar-refractivity contribution in [2.75, 3.05) is 0 Å². The van der Waals surface area contributed by atoms with Crippen LogP contribution in [-0.2, 0) is 5.60 Å². The molecule has 4 aromatic rings. The van der Waals surface area contributed by atoms with E-state index in [1.165, 1.54) is 6.07 Å². The van der Waals surface area contributed by atoms with Gasteiger partial charge in [-0.2, -0.15) is 0 Å². The molecule has 1 aromatic heterocycles. The van der Waals surface area contributed by atoms with Gasteiger partial charge in [0.2, 0.25) is 0 Å². The molecule has 1 N–H and O–H groups in total. The van der Waals surface area contributed by atoms with E-state index in [4.69, 9.17) is 32.9 Å². The number of aromatic amines is 1. The van der Waals surface area contributed by atoms with Gasteiger partial charge in [0, 0.05) is 16.7 Å². The molecule has 1 aliphatic heterocycles. The van der Waals surface area contributed by atoms with Crippen molar-refractivity contribution < 1.29 is 9.13 Å². The van der Waals surface area contributed by atoms with Gasteiger partial charge in [-0.15, -0.1) is 0 Å². The molecule has 0 atom stereocenters. The van der Waals surface area contributed by atoms with Crippen molar-refractivity contribution in [2.24, 2.45) is 0 Å². The Labute approximate surface area is 195 Å². The monoisotopic (exact) mass is 462 g/mol. The maximum absolute atomic E-state index is 14.5. The van der Waals surface area contributed by atoms with E-state index in [2.05, 4.69) is 16.8 Å². The number of nitrogens with zero attached hydrogens (tertiary/aromatic N) is 1. The van der Waals surface area contributed by atoms with Crippen LogP contribution >= 0.6 is 23.2 Å². The number of aromatic nitrogens is 2. The average Bonchev–Trinajstić information content (AvgIpc) is 3.19. The third-order valence-corrected chi connectivity index (χ3v) is 5.97. The summed E-state index contributed by atoms with van der Waals surface area (Å²) in [6, 6.07) is 17.7. The number of rotatable bonds is 1. The molecule has 0 amide bonds. The standard InChI is InChI=1S/C26H17Cl2FN2O/c1-26(2)24-23(30-25(31-24)22-19(28)8-5-9-20(22)29)17-13-11-15(14-21(17)32-26)10-12-16-6-3-4-7-18(16)27/h3-9,11,13-14H,1-2H3,(H,30,31). The first-order valence-corrected chi connectivity index (χ1v) is 10.7. The summed E-state index contributed by atoms with van der Waals surface area (Å²) in [5, 5.41) is 0.899. The van der Waals surface area contributed by atoms with Gasteiger partial charge in [-0.1, -0.05) is 53.2 Å². The normalized spacial score (nSPS) is 13.4. The summed E-state index contributed by atoms with van der Waals surface area (Å²) >= 11 is 12.5. The average molecular weight is 463 g/mol. The highest BCUT2D eigenvalue weighted by Gasteiger charge is 2.36. The molecule has 0 fully saturated rings. The van der Waals surface area contributed by atoms with Gasteiger partial charge in [-0.3, -0.25) is 0 Å². The number of nitrogens with one attached hydrogen (secondary N) is 1. The predicted octanol–water partition coefficient (Wildman–Crippen LogP) is 7.22. The van der Waals surface area contributed by atoms with Crippen LogP contribution in [-0.4, -0.2) is 9.97 Å². The number of ether oxygens (including phenoxy) is 1. The molecule has 3 nitrogen and oxygen atoms in total. The predicted molar refractivity (Wildman–Crippen MR) is 126 cm³/mol. The lowest BCUT2D eigenvalue weighted by atomic mass is 9.94. The van der Waals surface area contributed by atoms with Gasteiger partial charge in [0.15, 0.2) is 0 Å². The SMILES string of the molecule is CC1(C)Oc2cc(C#Cc3ccccc3Cl)ccc2-c2nc(-c3c(F)cccc3Cl)[nH]c21. The van der Waals surface area contributed by atoms with E-state index in [1.54, 1.807) is 12.1 Å². The Morgan fingerprint density at radius 2 is 1.75 bits per heavy atom. The minimum atomic E-state index is -0.708. The Morgan fingerprint density at radius 3 is 2.53 bits per heavy atom. The third kappa shape index (κ3) is 3.54. The van der Waals surface area contributed by atoms with Crippen molar-refractivity contribution in [2.45, 2.75) is 19.4 Å². The van der Waals surface area contributed by atoms with Crippen molar-refractivity contribution in [3.05, 3.63) is 93.3 Å². The summed E-state index contributed by atoms with van der Waals surface area (Å²) in [5.41, 5.74) is 3.34. The van der Waals surface area contributed by atoms with Gasteiger partial charge in [0.05, 0.1) is 27.0 Å². The fraction of sp³-hybridized carbons (Fsp3) is 0.115. The van der Waals surface area contributed by atoms with E-state index in [-0.39, 0.29) is 5.56 Å². The van der Waals surface area contributed by atoms with E-state index < -0.39 is 11.4 Å². The Balaban J connectivity index is 1.59. The molecule has 0 spiro atoms. The van der Waals surface area contributed by atoms with Gasteiger partial charge in [0.1, 0.15) is 23.0 Å². The van der Waals surface area contributed by atoms with Crippen LogP contribution in [0.3, 0.4) is 0 Å². The van der Waals surface area contributed by atoms with E-state index in [9.17, 15) is 4.39 Å². The smallest absolute Gasteiger partial charge is 0.145 e. The summed E-state index contributed by atoms with van der Waals surface area (Å²) in [6.45, 7) is 3.86. The van der Waals surface area contributed by atoms with Crippen LogP contribution in [0.5, 0.6) is 5.75 Å². The zero-order chi connectivity index (χ0) is 22.5. The molecule has 0 saturated carbocycles. The first-order valence-electron chi connectivity index (χ1n) is 9.98. The minimum Gasteiger partial charge on any atom is -0.481 e. The lowest BCUT2D eigenvalue weighted by Crippen LogP contribution is -2.29. The fourth-order valence-corrected chi connectivity index (χ4v) is 4.19. The summed E-state index contributed by atoms with van der Waals surface area (Å²) in [6.07, 6.45) is 0. The van der Waals surface area contributed by atoms with Crippen LogP contribution in [0.25, 0.3) is 22.6 Å². The molecular weight excluding hydrogens is 446 g/mol. The molecule has 0 unspecified atom stereocenters. The molecule has 1 aliphatic rings. The Kier molecular flexibility index (Phi) is 4.97. The maximum atomic E-state index is 14.5. The molecule has 3 aromatic carbocycles. The molecule has 5 rings (SSSR count). The molecule has 0 aliphatic carbocycles. The first-order chi connectivity index (χ1) is 15.3. The topological polar surface area (TPSA) is 37.9 Å². The second-order valence-corrected chi connectivity index (χ2v) is 8.77. The van der Waals surface area contributed by atoms with E-state index in [1.807, 2.05) is 56.3 Å². The zero-order valence-corrected chi connectivity index (χ0v) is 18.8. The Hall–Kier alpha value is -3.26. The van der Waals surface area contributed by atoms with Crippen LogP contribution < -0.4 is 4.74 Å². The fourth-order valence-electron chi connectivity index (χ4n) is 3.75. The van der Waals surface area contributed by atoms with Crippen molar-refractivity contribution in [1.29, 1.82) is 0 Å². The first kappa shape index (κ1) is 20.6. The molecule has 6 heteroatoms. The second kappa shape index (κ2) is 7.70. The molecule has 0 radical (unpaired) electrons. The lowest BCUT2D eigenvalue weighted by Gasteiger charge is -2.31. The summed E-state index contributed by atoms with van der Waals surface area (Å²) in [7, 11) is 0. The van der Waals surface area contributed by atoms with Crippen LogP contribution in [0.15, 0.2) is 60.7 Å². The van der Waals surface area contributed by atoms with Gasteiger partial charge >= 0.3 is 0 Å². The highest BCUT2D eigenvalue weighted by molar-refractivity contribution is 6.33. The largest absolute Gasteiger partial charge is 0.481 e.